The van der Waals surface area contributed by atoms with Crippen LogP contribution >= 0.6 is 0 Å². The van der Waals surface area contributed by atoms with E-state index in [1.807, 2.05) is 0 Å². The molecule has 0 bridgehead atoms. The Morgan fingerprint density at radius 1 is 1.25 bits per heavy atom. The van der Waals surface area contributed by atoms with Crippen LogP contribution in [0.1, 0.15) is 12.8 Å². The molecule has 0 heterocycles. The van der Waals surface area contributed by atoms with Gasteiger partial charge >= 0.3 is 11.5 Å². The van der Waals surface area contributed by atoms with Crippen molar-refractivity contribution in [3.63, 3.8) is 0 Å². The van der Waals surface area contributed by atoms with Gasteiger partial charge in [0.15, 0.2) is 0 Å². The number of alkyl halides is 3. The second-order valence-electron chi connectivity index (χ2n) is 3.87. The molecule has 0 saturated carbocycles. The summed E-state index contributed by atoms with van der Waals surface area (Å²) in [6.07, 6.45) is -0.00305. The predicted molar refractivity (Wildman–Crippen MR) is 65.0 cm³/mol. The quantitative estimate of drug-likeness (QED) is 0.787. The molecule has 1 aromatic rings. The van der Waals surface area contributed by atoms with E-state index < -0.39 is 26.2 Å². The molecule has 5 nitrogen and oxygen atoms in total. The van der Waals surface area contributed by atoms with E-state index in [0.29, 0.717) is 0 Å². The molecule has 0 atom stereocenters. The fourth-order valence-electron chi connectivity index (χ4n) is 1.43. The first-order chi connectivity index (χ1) is 9.16. The fraction of sp³-hybridized carbons (Fsp3) is 0.364. The number of benzene rings is 1. The average Bonchev–Trinajstić information content (AvgIpc) is 2.33. The van der Waals surface area contributed by atoms with Gasteiger partial charge in [-0.3, -0.25) is 4.79 Å². The fourth-order valence-corrected chi connectivity index (χ4v) is 2.37. The number of carboxylic acid groups (broad SMARTS) is 1. The predicted octanol–water partition coefficient (Wildman–Crippen LogP) is 2.26. The normalized spacial score (nSPS) is 12.2. The van der Waals surface area contributed by atoms with Gasteiger partial charge in [-0.2, -0.15) is 13.2 Å². The van der Waals surface area contributed by atoms with Gasteiger partial charge in [-0.15, -0.1) is 0 Å². The second kappa shape index (κ2) is 6.12. The largest absolute Gasteiger partial charge is 0.501 e. The zero-order chi connectivity index (χ0) is 15.4. The summed E-state index contributed by atoms with van der Waals surface area (Å²) in [6.45, 7) is 0.0523. The molecule has 0 spiro atoms. The number of nitrogens with one attached hydrogen (secondary N) is 1. The highest BCUT2D eigenvalue weighted by Gasteiger charge is 2.47. The number of para-hydroxylation sites is 1. The van der Waals surface area contributed by atoms with Gasteiger partial charge in [0.25, 0.3) is 9.84 Å². The van der Waals surface area contributed by atoms with Gasteiger partial charge in [0, 0.05) is 13.0 Å². The molecule has 0 saturated heterocycles. The van der Waals surface area contributed by atoms with Crippen LogP contribution < -0.4 is 5.32 Å². The molecule has 20 heavy (non-hydrogen) atoms. The van der Waals surface area contributed by atoms with Crippen molar-refractivity contribution in [2.75, 3.05) is 11.9 Å². The average molecular weight is 311 g/mol. The Labute approximate surface area is 113 Å². The number of carboxylic acids is 1. The maximum absolute atomic E-state index is 12.5. The highest BCUT2D eigenvalue weighted by Crippen LogP contribution is 2.34. The molecular formula is C11H12F3NO4S. The van der Waals surface area contributed by atoms with Crippen molar-refractivity contribution in [1.82, 2.24) is 0 Å². The summed E-state index contributed by atoms with van der Waals surface area (Å²) in [7, 11) is -5.44. The van der Waals surface area contributed by atoms with Crippen molar-refractivity contribution >= 4 is 21.5 Å². The third-order valence-electron chi connectivity index (χ3n) is 2.36. The van der Waals surface area contributed by atoms with Gasteiger partial charge in [0.2, 0.25) is 0 Å². The first-order valence-electron chi connectivity index (χ1n) is 5.52. The number of sulfone groups is 1. The van der Waals surface area contributed by atoms with E-state index in [2.05, 4.69) is 5.32 Å². The molecule has 0 aliphatic heterocycles. The number of halogens is 3. The molecule has 0 radical (unpaired) electrons. The number of carbonyl (C=O) groups is 1. The lowest BCUT2D eigenvalue weighted by molar-refractivity contribution is -0.137. The summed E-state index contributed by atoms with van der Waals surface area (Å²) in [4.78, 5) is 9.42. The van der Waals surface area contributed by atoms with Crippen molar-refractivity contribution in [3.8, 4) is 0 Å². The molecule has 0 aliphatic rings. The molecule has 0 aliphatic carbocycles. The van der Waals surface area contributed by atoms with Crippen LogP contribution in [0.2, 0.25) is 0 Å². The Bertz CT molecular complexity index is 584. The van der Waals surface area contributed by atoms with Gasteiger partial charge in [-0.05, 0) is 18.6 Å². The summed E-state index contributed by atoms with van der Waals surface area (Å²) >= 11 is 0. The van der Waals surface area contributed by atoms with Crippen LogP contribution in [0, 0.1) is 0 Å². The SMILES string of the molecule is O=C(O)CCCNc1ccccc1S(=O)(=O)C(F)(F)F. The van der Waals surface area contributed by atoms with E-state index in [-0.39, 0.29) is 25.1 Å². The lowest BCUT2D eigenvalue weighted by Crippen LogP contribution is -2.24. The molecule has 0 amide bonds. The number of hydrogen-bond acceptors (Lipinski definition) is 4. The summed E-state index contributed by atoms with van der Waals surface area (Å²) < 4.78 is 60.2. The van der Waals surface area contributed by atoms with Crippen LogP contribution in [0.25, 0.3) is 0 Å². The third-order valence-corrected chi connectivity index (χ3v) is 3.91. The molecule has 2 N–H and O–H groups in total. The van der Waals surface area contributed by atoms with Crippen molar-refractivity contribution in [2.45, 2.75) is 23.2 Å². The van der Waals surface area contributed by atoms with E-state index in [1.165, 1.54) is 18.2 Å². The highest BCUT2D eigenvalue weighted by atomic mass is 32.2. The summed E-state index contributed by atoms with van der Waals surface area (Å²) in [5, 5.41) is 10.9. The Morgan fingerprint density at radius 2 is 1.85 bits per heavy atom. The molecule has 0 aromatic heterocycles. The van der Waals surface area contributed by atoms with Crippen LogP contribution in [0.3, 0.4) is 0 Å². The maximum Gasteiger partial charge on any atom is 0.501 e. The first-order valence-corrected chi connectivity index (χ1v) is 7.00. The molecule has 112 valence electrons. The smallest absolute Gasteiger partial charge is 0.481 e. The van der Waals surface area contributed by atoms with Gasteiger partial charge in [-0.1, -0.05) is 12.1 Å². The summed E-state index contributed by atoms with van der Waals surface area (Å²) in [5.74, 6) is -1.04. The van der Waals surface area contributed by atoms with E-state index in [4.69, 9.17) is 5.11 Å². The minimum Gasteiger partial charge on any atom is -0.481 e. The van der Waals surface area contributed by atoms with Crippen LogP contribution in [0.5, 0.6) is 0 Å². The lowest BCUT2D eigenvalue weighted by Gasteiger charge is -2.13. The molecule has 0 fully saturated rings. The second-order valence-corrected chi connectivity index (χ2v) is 5.78. The molecule has 1 rings (SSSR count). The zero-order valence-electron chi connectivity index (χ0n) is 10.1. The van der Waals surface area contributed by atoms with E-state index in [1.54, 1.807) is 0 Å². The number of anilines is 1. The van der Waals surface area contributed by atoms with Crippen molar-refractivity contribution in [1.29, 1.82) is 0 Å². The van der Waals surface area contributed by atoms with Crippen LogP contribution in [-0.4, -0.2) is 31.5 Å². The highest BCUT2D eigenvalue weighted by molar-refractivity contribution is 7.92. The van der Waals surface area contributed by atoms with Crippen LogP contribution in [-0.2, 0) is 14.6 Å². The van der Waals surface area contributed by atoms with Crippen LogP contribution in [0.15, 0.2) is 29.2 Å². The van der Waals surface area contributed by atoms with Gasteiger partial charge < -0.3 is 10.4 Å². The molecular weight excluding hydrogens is 299 g/mol. The van der Waals surface area contributed by atoms with E-state index in [9.17, 15) is 26.4 Å². The minimum absolute atomic E-state index is 0.0523. The molecule has 0 unspecified atom stereocenters. The monoisotopic (exact) mass is 311 g/mol. The van der Waals surface area contributed by atoms with Crippen molar-refractivity contribution in [3.05, 3.63) is 24.3 Å². The standard InChI is InChI=1S/C11H12F3NO4S/c12-11(13,14)20(18,19)9-5-2-1-4-8(9)15-7-3-6-10(16)17/h1-2,4-5,15H,3,6-7H2,(H,16,17). The van der Waals surface area contributed by atoms with Gasteiger partial charge in [0.1, 0.15) is 0 Å². The van der Waals surface area contributed by atoms with Crippen molar-refractivity contribution < 1.29 is 31.5 Å². The number of rotatable bonds is 6. The van der Waals surface area contributed by atoms with Gasteiger partial charge in [0.05, 0.1) is 10.6 Å². The summed E-state index contributed by atoms with van der Waals surface area (Å²) in [6, 6.07) is 4.61. The topological polar surface area (TPSA) is 83.5 Å². The van der Waals surface area contributed by atoms with E-state index in [0.717, 1.165) is 6.07 Å². The molecule has 9 heteroatoms. The Hall–Kier alpha value is -1.77. The Kier molecular flexibility index (Phi) is 4.98. The van der Waals surface area contributed by atoms with Gasteiger partial charge in [-0.25, -0.2) is 8.42 Å². The minimum atomic E-state index is -5.44. The third kappa shape index (κ3) is 3.86. The Balaban J connectivity index is 2.92. The van der Waals surface area contributed by atoms with Crippen LogP contribution in [0.4, 0.5) is 18.9 Å². The summed E-state index contributed by atoms with van der Waals surface area (Å²) in [5.41, 5.74) is -5.58. The maximum atomic E-state index is 12.5. The van der Waals surface area contributed by atoms with Crippen molar-refractivity contribution in [2.24, 2.45) is 0 Å². The zero-order valence-corrected chi connectivity index (χ0v) is 11.0. The first kappa shape index (κ1) is 16.3. The van der Waals surface area contributed by atoms with E-state index >= 15 is 0 Å². The molecule has 1 aromatic carbocycles. The Morgan fingerprint density at radius 3 is 2.40 bits per heavy atom. The lowest BCUT2D eigenvalue weighted by atomic mass is 10.3. The number of aliphatic carboxylic acids is 1. The number of hydrogen-bond donors (Lipinski definition) is 2.